The molecule has 28 heavy (non-hydrogen) atoms. The van der Waals surface area contributed by atoms with Gasteiger partial charge in [-0.05, 0) is 24.7 Å². The average Bonchev–Trinajstić information content (AvgIpc) is 2.70. The van der Waals surface area contributed by atoms with Crippen LogP contribution >= 0.6 is 11.8 Å². The lowest BCUT2D eigenvalue weighted by Gasteiger charge is -2.17. The second-order valence-corrected chi connectivity index (χ2v) is 7.60. The van der Waals surface area contributed by atoms with Gasteiger partial charge in [0.1, 0.15) is 0 Å². The van der Waals surface area contributed by atoms with Crippen LogP contribution in [0.5, 0.6) is 0 Å². The summed E-state index contributed by atoms with van der Waals surface area (Å²) in [5.41, 5.74) is 2.59. The third kappa shape index (κ3) is 5.21. The van der Waals surface area contributed by atoms with E-state index in [1.807, 2.05) is 49.5 Å². The molecule has 0 aliphatic rings. The van der Waals surface area contributed by atoms with E-state index in [9.17, 15) is 9.59 Å². The number of thioether (sulfide) groups is 1. The largest absolute Gasteiger partial charge is 0.354 e. The number of hydrogen-bond acceptors (Lipinski definition) is 5. The molecule has 6 nitrogen and oxygen atoms in total. The van der Waals surface area contributed by atoms with E-state index in [1.165, 1.54) is 17.3 Å². The summed E-state index contributed by atoms with van der Waals surface area (Å²) in [5.74, 6) is 0.0679. The molecule has 0 aliphatic heterocycles. The standard InChI is InChI=1S/C21H24N4O2S/c1-24(14-16-8-4-3-5-9-16)13-12-22-19(26)15-28-20-21(27)25(2)18-11-7-6-10-17(18)23-20/h3-11H,12-15H2,1-2H3,(H,22,26). The minimum Gasteiger partial charge on any atom is -0.354 e. The van der Waals surface area contributed by atoms with E-state index in [4.69, 9.17) is 0 Å². The highest BCUT2D eigenvalue weighted by Gasteiger charge is 2.11. The molecule has 7 heteroatoms. The number of nitrogens with zero attached hydrogens (tertiary/aromatic N) is 3. The summed E-state index contributed by atoms with van der Waals surface area (Å²) in [5, 5.41) is 3.25. The van der Waals surface area contributed by atoms with E-state index < -0.39 is 0 Å². The Morgan fingerprint density at radius 3 is 2.64 bits per heavy atom. The molecule has 3 aromatic rings. The molecule has 3 rings (SSSR count). The molecule has 1 N–H and O–H groups in total. The number of para-hydroxylation sites is 2. The molecule has 146 valence electrons. The Morgan fingerprint density at radius 2 is 1.86 bits per heavy atom. The van der Waals surface area contributed by atoms with Gasteiger partial charge in [0, 0.05) is 26.7 Å². The highest BCUT2D eigenvalue weighted by molar-refractivity contribution is 7.99. The molecule has 0 saturated heterocycles. The number of carbonyl (C=O) groups is 1. The van der Waals surface area contributed by atoms with Crippen LogP contribution in [0.1, 0.15) is 5.56 Å². The number of likely N-dealkylation sites (N-methyl/N-ethyl adjacent to an activating group) is 1. The van der Waals surface area contributed by atoms with Gasteiger partial charge in [0.25, 0.3) is 5.56 Å². The van der Waals surface area contributed by atoms with Gasteiger partial charge in [-0.25, -0.2) is 4.98 Å². The molecule has 0 radical (unpaired) electrons. The van der Waals surface area contributed by atoms with Crippen LogP contribution in [0.4, 0.5) is 0 Å². The minimum atomic E-state index is -0.181. The highest BCUT2D eigenvalue weighted by atomic mass is 32.2. The van der Waals surface area contributed by atoms with Crippen LogP contribution in [0.2, 0.25) is 0 Å². The molecule has 0 spiro atoms. The SMILES string of the molecule is CN(CCNC(=O)CSc1nc2ccccc2n(C)c1=O)Cc1ccccc1. The summed E-state index contributed by atoms with van der Waals surface area (Å²) in [6.07, 6.45) is 0. The van der Waals surface area contributed by atoms with Crippen LogP contribution in [0.25, 0.3) is 11.0 Å². The van der Waals surface area contributed by atoms with Gasteiger partial charge >= 0.3 is 0 Å². The Balaban J connectivity index is 1.47. The van der Waals surface area contributed by atoms with Crippen molar-refractivity contribution in [1.29, 1.82) is 0 Å². The van der Waals surface area contributed by atoms with Gasteiger partial charge in [0.15, 0.2) is 5.03 Å². The Kier molecular flexibility index (Phi) is 6.84. The maximum atomic E-state index is 12.4. The Labute approximate surface area is 168 Å². The van der Waals surface area contributed by atoms with Crippen molar-refractivity contribution >= 4 is 28.7 Å². The van der Waals surface area contributed by atoms with Crippen molar-refractivity contribution in [3.63, 3.8) is 0 Å². The zero-order valence-corrected chi connectivity index (χ0v) is 16.9. The quantitative estimate of drug-likeness (QED) is 0.592. The Bertz CT molecular complexity index is 1000. The minimum absolute atomic E-state index is 0.102. The lowest BCUT2D eigenvalue weighted by atomic mass is 10.2. The molecule has 0 fully saturated rings. The van der Waals surface area contributed by atoms with E-state index >= 15 is 0 Å². The van der Waals surface area contributed by atoms with Crippen molar-refractivity contribution in [2.45, 2.75) is 11.6 Å². The number of aromatic nitrogens is 2. The van der Waals surface area contributed by atoms with Crippen molar-refractivity contribution in [2.75, 3.05) is 25.9 Å². The smallest absolute Gasteiger partial charge is 0.283 e. The molecule has 1 amide bonds. The second-order valence-electron chi connectivity index (χ2n) is 6.63. The first-order valence-corrected chi connectivity index (χ1v) is 10.1. The first-order chi connectivity index (χ1) is 13.5. The number of benzene rings is 2. The third-order valence-corrected chi connectivity index (χ3v) is 5.35. The van der Waals surface area contributed by atoms with E-state index in [2.05, 4.69) is 27.3 Å². The van der Waals surface area contributed by atoms with Crippen molar-refractivity contribution in [1.82, 2.24) is 19.8 Å². The molecule has 1 aromatic heterocycles. The van der Waals surface area contributed by atoms with Crippen molar-refractivity contribution in [3.8, 4) is 0 Å². The molecular weight excluding hydrogens is 372 g/mol. The molecule has 0 unspecified atom stereocenters. The summed E-state index contributed by atoms with van der Waals surface area (Å²) in [4.78, 5) is 31.1. The van der Waals surface area contributed by atoms with Crippen LogP contribution in [0.15, 0.2) is 64.4 Å². The summed E-state index contributed by atoms with van der Waals surface area (Å²) < 4.78 is 1.57. The fourth-order valence-electron chi connectivity index (χ4n) is 2.89. The summed E-state index contributed by atoms with van der Waals surface area (Å²) in [6.45, 7) is 2.15. The molecule has 1 heterocycles. The van der Waals surface area contributed by atoms with Gasteiger partial charge < -0.3 is 14.8 Å². The monoisotopic (exact) mass is 396 g/mol. The lowest BCUT2D eigenvalue weighted by molar-refractivity contribution is -0.118. The van der Waals surface area contributed by atoms with Crippen molar-refractivity contribution < 1.29 is 4.79 Å². The number of amides is 1. The van der Waals surface area contributed by atoms with E-state index in [0.29, 0.717) is 11.6 Å². The third-order valence-electron chi connectivity index (χ3n) is 4.40. The average molecular weight is 397 g/mol. The first kappa shape index (κ1) is 20.1. The summed E-state index contributed by atoms with van der Waals surface area (Å²) in [7, 11) is 3.75. The summed E-state index contributed by atoms with van der Waals surface area (Å²) in [6, 6.07) is 17.7. The fraction of sp³-hybridized carbons (Fsp3) is 0.286. The highest BCUT2D eigenvalue weighted by Crippen LogP contribution is 2.15. The van der Waals surface area contributed by atoms with Gasteiger partial charge in [-0.2, -0.15) is 0 Å². The zero-order chi connectivity index (χ0) is 19.9. The van der Waals surface area contributed by atoms with Gasteiger partial charge in [0.2, 0.25) is 5.91 Å². The molecular formula is C21H24N4O2S. The number of fused-ring (bicyclic) bond motifs is 1. The molecule has 0 saturated carbocycles. The number of rotatable bonds is 8. The van der Waals surface area contributed by atoms with Gasteiger partial charge in [0.05, 0.1) is 16.8 Å². The van der Waals surface area contributed by atoms with E-state index in [-0.39, 0.29) is 17.2 Å². The van der Waals surface area contributed by atoms with Crippen LogP contribution in [-0.4, -0.2) is 46.2 Å². The number of carbonyl (C=O) groups excluding carboxylic acids is 1. The van der Waals surface area contributed by atoms with Gasteiger partial charge in [-0.1, -0.05) is 54.2 Å². The number of hydrogen-bond donors (Lipinski definition) is 1. The fourth-order valence-corrected chi connectivity index (χ4v) is 3.68. The van der Waals surface area contributed by atoms with Gasteiger partial charge in [-0.3, -0.25) is 9.59 Å². The van der Waals surface area contributed by atoms with Crippen molar-refractivity contribution in [3.05, 3.63) is 70.5 Å². The van der Waals surface area contributed by atoms with Gasteiger partial charge in [-0.15, -0.1) is 0 Å². The van der Waals surface area contributed by atoms with E-state index in [0.717, 1.165) is 24.1 Å². The van der Waals surface area contributed by atoms with Crippen LogP contribution < -0.4 is 10.9 Å². The number of aryl methyl sites for hydroxylation is 1. The zero-order valence-electron chi connectivity index (χ0n) is 16.1. The molecule has 0 bridgehead atoms. The predicted molar refractivity (Wildman–Crippen MR) is 113 cm³/mol. The van der Waals surface area contributed by atoms with Crippen LogP contribution in [-0.2, 0) is 18.4 Å². The maximum absolute atomic E-state index is 12.4. The topological polar surface area (TPSA) is 67.2 Å². The molecule has 0 atom stereocenters. The Morgan fingerprint density at radius 1 is 1.14 bits per heavy atom. The van der Waals surface area contributed by atoms with Crippen LogP contribution in [0.3, 0.4) is 0 Å². The predicted octanol–water partition coefficient (Wildman–Crippen LogP) is 2.27. The number of nitrogens with one attached hydrogen (secondary N) is 1. The normalized spacial score (nSPS) is 11.1. The second kappa shape index (κ2) is 9.52. The maximum Gasteiger partial charge on any atom is 0.283 e. The molecule has 2 aromatic carbocycles. The summed E-state index contributed by atoms with van der Waals surface area (Å²) >= 11 is 1.18. The Hall–Kier alpha value is -2.64. The molecule has 0 aliphatic carbocycles. The van der Waals surface area contributed by atoms with Crippen molar-refractivity contribution in [2.24, 2.45) is 7.05 Å². The van der Waals surface area contributed by atoms with E-state index in [1.54, 1.807) is 11.6 Å². The lowest BCUT2D eigenvalue weighted by Crippen LogP contribution is -2.34. The van der Waals surface area contributed by atoms with Crippen LogP contribution in [0, 0.1) is 0 Å². The first-order valence-electron chi connectivity index (χ1n) is 9.12.